The zero-order chi connectivity index (χ0) is 37.1. The highest BCUT2D eigenvalue weighted by Crippen LogP contribution is 2.51. The van der Waals surface area contributed by atoms with Crippen molar-refractivity contribution in [3.63, 3.8) is 0 Å². The topological polar surface area (TPSA) is 80.3 Å². The van der Waals surface area contributed by atoms with Gasteiger partial charge in [-0.25, -0.2) is 4.98 Å². The molecule has 6 nitrogen and oxygen atoms in total. The van der Waals surface area contributed by atoms with Gasteiger partial charge < -0.3 is 15.4 Å². The second kappa shape index (κ2) is 14.5. The number of carbonyl (C=O) groups is 2. The van der Waals surface area contributed by atoms with Crippen molar-refractivity contribution in [3.8, 4) is 28.1 Å². The maximum absolute atomic E-state index is 13.7. The number of rotatable bonds is 11. The molecule has 6 rings (SSSR count). The molecular formula is C40H33F6N3O3. The number of nitrogens with zero attached hydrogens (tertiary/aromatic N) is 1. The van der Waals surface area contributed by atoms with E-state index >= 15 is 0 Å². The van der Waals surface area contributed by atoms with Gasteiger partial charge in [0.15, 0.2) is 0 Å². The van der Waals surface area contributed by atoms with Crippen LogP contribution in [0.25, 0.3) is 22.3 Å². The lowest BCUT2D eigenvalue weighted by atomic mass is 9.73. The van der Waals surface area contributed by atoms with Crippen LogP contribution in [-0.2, 0) is 22.8 Å². The number of halogens is 6. The van der Waals surface area contributed by atoms with Crippen LogP contribution in [0.15, 0.2) is 109 Å². The van der Waals surface area contributed by atoms with Gasteiger partial charge in [-0.05, 0) is 76.9 Å². The Labute approximate surface area is 295 Å². The fourth-order valence-electron chi connectivity index (χ4n) is 6.71. The van der Waals surface area contributed by atoms with Gasteiger partial charge in [0.25, 0.3) is 5.91 Å². The van der Waals surface area contributed by atoms with E-state index in [0.29, 0.717) is 52.2 Å². The highest BCUT2D eigenvalue weighted by Gasteiger charge is 2.49. The van der Waals surface area contributed by atoms with E-state index in [1.54, 1.807) is 54.6 Å². The predicted molar refractivity (Wildman–Crippen MR) is 185 cm³/mol. The lowest BCUT2D eigenvalue weighted by Gasteiger charge is -2.31. The normalized spacial score (nSPS) is 13.2. The minimum absolute atomic E-state index is 0.102. The van der Waals surface area contributed by atoms with Crippen molar-refractivity contribution in [1.82, 2.24) is 10.3 Å². The van der Waals surface area contributed by atoms with Crippen molar-refractivity contribution in [2.45, 2.75) is 44.0 Å². The Hall–Kier alpha value is -5.65. The summed E-state index contributed by atoms with van der Waals surface area (Å²) in [6, 6.07) is 27.3. The fraction of sp³-hybridized carbons (Fsp3) is 0.225. The van der Waals surface area contributed by atoms with Gasteiger partial charge in [-0.2, -0.15) is 26.3 Å². The molecule has 5 aromatic rings. The lowest BCUT2D eigenvalue weighted by Crippen LogP contribution is -2.47. The van der Waals surface area contributed by atoms with Gasteiger partial charge in [-0.15, -0.1) is 0 Å². The minimum Gasteiger partial charge on any atom is -0.477 e. The van der Waals surface area contributed by atoms with Gasteiger partial charge in [0.1, 0.15) is 12.0 Å². The third-order valence-corrected chi connectivity index (χ3v) is 9.09. The number of anilines is 1. The van der Waals surface area contributed by atoms with Crippen molar-refractivity contribution in [1.29, 1.82) is 0 Å². The van der Waals surface area contributed by atoms with Crippen molar-refractivity contribution in [3.05, 3.63) is 137 Å². The van der Waals surface area contributed by atoms with E-state index in [1.165, 1.54) is 18.3 Å². The van der Waals surface area contributed by atoms with Gasteiger partial charge in [-0.3, -0.25) is 9.59 Å². The molecule has 1 aliphatic rings. The summed E-state index contributed by atoms with van der Waals surface area (Å²) in [6.07, 6.45) is -6.70. The number of amides is 2. The van der Waals surface area contributed by atoms with Gasteiger partial charge in [0.05, 0.1) is 24.1 Å². The summed E-state index contributed by atoms with van der Waals surface area (Å²) < 4.78 is 84.9. The molecule has 0 bridgehead atoms. The number of nitrogens with one attached hydrogen (secondary N) is 2. The molecule has 4 aromatic carbocycles. The molecule has 2 amide bonds. The van der Waals surface area contributed by atoms with Crippen molar-refractivity contribution < 1.29 is 40.7 Å². The molecule has 0 aliphatic heterocycles. The monoisotopic (exact) mass is 717 g/mol. The summed E-state index contributed by atoms with van der Waals surface area (Å²) in [4.78, 5) is 31.5. The summed E-state index contributed by atoms with van der Waals surface area (Å²) in [7, 11) is 0. The summed E-state index contributed by atoms with van der Waals surface area (Å²) in [5.41, 5.74) is 2.86. The van der Waals surface area contributed by atoms with Crippen LogP contribution in [0.2, 0.25) is 0 Å². The quantitative estimate of drug-likeness (QED) is 0.105. The molecule has 0 fully saturated rings. The van der Waals surface area contributed by atoms with E-state index in [4.69, 9.17) is 4.74 Å². The molecule has 0 spiro atoms. The molecule has 268 valence electrons. The average molecular weight is 718 g/mol. The number of benzene rings is 4. The molecule has 0 unspecified atom stereocenters. The van der Waals surface area contributed by atoms with Crippen molar-refractivity contribution in [2.24, 2.45) is 0 Å². The van der Waals surface area contributed by atoms with Crippen LogP contribution in [0.1, 0.15) is 52.4 Å². The number of fused-ring (bicyclic) bond motifs is 3. The Morgan fingerprint density at radius 3 is 1.98 bits per heavy atom. The number of alkyl halides is 6. The number of carbonyl (C=O) groups excluding carboxylic acids is 2. The molecule has 0 saturated heterocycles. The molecule has 1 aromatic heterocycles. The molecular weight excluding hydrogens is 684 g/mol. The lowest BCUT2D eigenvalue weighted by molar-refractivity contribution is -0.141. The van der Waals surface area contributed by atoms with Crippen LogP contribution < -0.4 is 15.4 Å². The highest BCUT2D eigenvalue weighted by atomic mass is 19.4. The van der Waals surface area contributed by atoms with Gasteiger partial charge in [0, 0.05) is 11.1 Å². The van der Waals surface area contributed by atoms with Crippen molar-refractivity contribution >= 4 is 17.5 Å². The van der Waals surface area contributed by atoms with E-state index in [0.717, 1.165) is 23.3 Å². The van der Waals surface area contributed by atoms with E-state index in [-0.39, 0.29) is 18.6 Å². The first-order valence-electron chi connectivity index (χ1n) is 16.6. The van der Waals surface area contributed by atoms with Crippen LogP contribution in [0.5, 0.6) is 5.88 Å². The Balaban J connectivity index is 1.17. The zero-order valence-electron chi connectivity index (χ0n) is 27.9. The number of aromatic nitrogens is 1. The van der Waals surface area contributed by atoms with Crippen LogP contribution in [0.4, 0.5) is 32.0 Å². The average Bonchev–Trinajstić information content (AvgIpc) is 3.42. The standard InChI is InChI=1S/C40H33F6N3O3/c1-2-25-22-28(49-35(50)32-13-4-3-10-29(32)26-16-18-27(19-17-26)40(44,45)46)23-47-36(25)52-21-9-20-38(37(51)48-24-39(41,42)43)33-14-7-5-11-30(33)31-12-6-8-15-34(31)38/h3-8,10-19,22-23H,2,9,20-21,24H2,1H3,(H,48,51)(H,49,50). The zero-order valence-corrected chi connectivity index (χ0v) is 27.9. The summed E-state index contributed by atoms with van der Waals surface area (Å²) in [5, 5.41) is 4.93. The number of ether oxygens (including phenoxy) is 1. The maximum atomic E-state index is 13.7. The van der Waals surface area contributed by atoms with E-state index in [9.17, 15) is 35.9 Å². The molecule has 0 radical (unpaired) electrons. The number of aryl methyl sites for hydroxylation is 1. The third kappa shape index (κ3) is 7.37. The van der Waals surface area contributed by atoms with Crippen LogP contribution >= 0.6 is 0 Å². The number of pyridine rings is 1. The first-order valence-corrected chi connectivity index (χ1v) is 16.6. The molecule has 1 heterocycles. The number of hydrogen-bond acceptors (Lipinski definition) is 4. The minimum atomic E-state index is -4.58. The van der Waals surface area contributed by atoms with Crippen LogP contribution in [-0.4, -0.2) is 36.1 Å². The molecule has 52 heavy (non-hydrogen) atoms. The first kappa shape index (κ1) is 36.2. The molecule has 12 heteroatoms. The van der Waals surface area contributed by atoms with E-state index in [2.05, 4.69) is 15.6 Å². The summed E-state index contributed by atoms with van der Waals surface area (Å²) >= 11 is 0. The molecule has 1 aliphatic carbocycles. The van der Waals surface area contributed by atoms with Gasteiger partial charge in [-0.1, -0.05) is 85.8 Å². The molecule has 0 saturated carbocycles. The first-order chi connectivity index (χ1) is 24.8. The van der Waals surface area contributed by atoms with Gasteiger partial charge in [0.2, 0.25) is 11.8 Å². The molecule has 2 N–H and O–H groups in total. The van der Waals surface area contributed by atoms with Crippen LogP contribution in [0.3, 0.4) is 0 Å². The second-order valence-electron chi connectivity index (χ2n) is 12.4. The van der Waals surface area contributed by atoms with Crippen LogP contribution in [0, 0.1) is 0 Å². The predicted octanol–water partition coefficient (Wildman–Crippen LogP) is 9.39. The Kier molecular flexibility index (Phi) is 10.1. The third-order valence-electron chi connectivity index (χ3n) is 9.09. The smallest absolute Gasteiger partial charge is 0.416 e. The van der Waals surface area contributed by atoms with Crippen molar-refractivity contribution in [2.75, 3.05) is 18.5 Å². The largest absolute Gasteiger partial charge is 0.477 e. The molecule has 0 atom stereocenters. The number of hydrogen-bond donors (Lipinski definition) is 2. The Morgan fingerprint density at radius 2 is 1.38 bits per heavy atom. The highest BCUT2D eigenvalue weighted by molar-refractivity contribution is 6.08. The maximum Gasteiger partial charge on any atom is 0.416 e. The van der Waals surface area contributed by atoms with Gasteiger partial charge >= 0.3 is 12.4 Å². The van der Waals surface area contributed by atoms with E-state index < -0.39 is 41.7 Å². The van der Waals surface area contributed by atoms with E-state index in [1.807, 2.05) is 31.2 Å². The fourth-order valence-corrected chi connectivity index (χ4v) is 6.71. The Bertz CT molecular complexity index is 2050. The SMILES string of the molecule is CCc1cc(NC(=O)c2ccccc2-c2ccc(C(F)(F)F)cc2)cnc1OCCCC1(C(=O)NCC(F)(F)F)c2ccccc2-c2ccccc21. The summed E-state index contributed by atoms with van der Waals surface area (Å²) in [5.74, 6) is -0.928. The second-order valence-corrected chi connectivity index (χ2v) is 12.4. The summed E-state index contributed by atoms with van der Waals surface area (Å²) in [6.45, 7) is 0.522. The Morgan fingerprint density at radius 1 is 0.788 bits per heavy atom.